The van der Waals surface area contributed by atoms with Gasteiger partial charge in [0.25, 0.3) is 0 Å². The highest BCUT2D eigenvalue weighted by Crippen LogP contribution is 1.76. The van der Waals surface area contributed by atoms with Crippen molar-refractivity contribution in [1.82, 2.24) is 0 Å². The first-order valence-corrected chi connectivity index (χ1v) is 1.69. The van der Waals surface area contributed by atoms with Gasteiger partial charge in [0, 0.05) is 1.37 Å². The molecule has 0 radical (unpaired) electrons. The van der Waals surface area contributed by atoms with Crippen molar-refractivity contribution in [3.63, 3.8) is 0 Å². The van der Waals surface area contributed by atoms with Gasteiger partial charge < -0.3 is 0 Å². The van der Waals surface area contributed by atoms with E-state index in [4.69, 9.17) is 1.37 Å². The molecule has 0 spiro atoms. The Hall–Kier alpha value is 0. The van der Waals surface area contributed by atoms with Crippen LogP contribution in [0.25, 0.3) is 0 Å². The minimum absolute atomic E-state index is 0.134. The zero-order valence-corrected chi connectivity index (χ0v) is 3.28. The summed E-state index contributed by atoms with van der Waals surface area (Å²) in [6.07, 6.45) is 1.11. The van der Waals surface area contributed by atoms with Crippen LogP contribution in [0.1, 0.15) is 28.0 Å². The van der Waals surface area contributed by atoms with Gasteiger partial charge >= 0.3 is 0 Å². The smallest absolute Gasteiger partial charge is 0.0264 e. The van der Waals surface area contributed by atoms with Gasteiger partial charge in [0.1, 0.15) is 0 Å². The van der Waals surface area contributed by atoms with E-state index in [1.807, 2.05) is 13.8 Å². The Kier molecular flexibility index (Phi) is 1.69. The van der Waals surface area contributed by atoms with Crippen LogP contribution in [0.4, 0.5) is 0 Å². The summed E-state index contributed by atoms with van der Waals surface area (Å²) in [5.41, 5.74) is 0. The number of rotatable bonds is 1. The molecule has 0 fully saturated rings. The summed E-state index contributed by atoms with van der Waals surface area (Å²) in [6.45, 7) is 3.90. The molecular formula is C4H10. The molecule has 4 heavy (non-hydrogen) atoms. The Morgan fingerprint density at radius 2 is 2.00 bits per heavy atom. The maximum atomic E-state index is 6.83. The summed E-state index contributed by atoms with van der Waals surface area (Å²) >= 11 is 0. The summed E-state index contributed by atoms with van der Waals surface area (Å²) in [7, 11) is 0. The maximum Gasteiger partial charge on any atom is 0.0264 e. The second-order valence-corrected chi connectivity index (χ2v) is 0.816. The van der Waals surface area contributed by atoms with Gasteiger partial charge in [-0.25, -0.2) is 0 Å². The highest BCUT2D eigenvalue weighted by atomic mass is 13.6. The molecule has 0 aliphatic heterocycles. The van der Waals surface area contributed by atoms with Crippen LogP contribution in [0.15, 0.2) is 0 Å². The van der Waals surface area contributed by atoms with Crippen LogP contribution in [0.5, 0.6) is 0 Å². The van der Waals surface area contributed by atoms with E-state index in [-0.39, 0.29) is 6.40 Å². The molecule has 0 aromatic rings. The lowest BCUT2D eigenvalue weighted by molar-refractivity contribution is 0.886. The fraction of sp³-hybridized carbons (Fsp3) is 1.00. The highest BCUT2D eigenvalue weighted by molar-refractivity contribution is 4.12. The molecule has 0 saturated heterocycles. The molecule has 0 aliphatic rings. The molecule has 26 valence electrons. The van der Waals surface area contributed by atoms with Gasteiger partial charge in [-0.2, -0.15) is 0 Å². The molecule has 0 heteroatoms. The largest absolute Gasteiger partial charge is 0.0654 e. The molecule has 0 rings (SSSR count). The van der Waals surface area contributed by atoms with E-state index < -0.39 is 0 Å². The fourth-order valence-corrected chi connectivity index (χ4v) is 0. The Morgan fingerprint density at radius 3 is 2.00 bits per heavy atom. The van der Waals surface area contributed by atoms with E-state index in [9.17, 15) is 0 Å². The van der Waals surface area contributed by atoms with E-state index in [1.54, 1.807) is 0 Å². The van der Waals surface area contributed by atoms with Crippen LogP contribution in [-0.2, 0) is 0 Å². The van der Waals surface area contributed by atoms with E-state index in [0.29, 0.717) is 0 Å². The Balaban J connectivity index is 2.54. The zero-order chi connectivity index (χ0) is 4.28. The average molecular weight is 59.1 g/mol. The van der Waals surface area contributed by atoms with Gasteiger partial charge in [0.05, 0.1) is 0 Å². The van der Waals surface area contributed by atoms with E-state index >= 15 is 0 Å². The van der Waals surface area contributed by atoms with Crippen LogP contribution in [-0.4, -0.2) is 0 Å². The number of hydrogen-bond donors (Lipinski definition) is 0. The molecule has 0 aromatic heterocycles. The standard InChI is InChI=1S/C4H10/c1-3-4-2/h3-4H2,1-2H3/i3D. The van der Waals surface area contributed by atoms with Gasteiger partial charge in [-0.05, 0) is 0 Å². The first kappa shape index (κ1) is 2.25. The zero-order valence-electron chi connectivity index (χ0n) is 4.28. The van der Waals surface area contributed by atoms with Crippen molar-refractivity contribution in [2.24, 2.45) is 0 Å². The van der Waals surface area contributed by atoms with Crippen molar-refractivity contribution < 1.29 is 1.37 Å². The second-order valence-electron chi connectivity index (χ2n) is 0.816. The van der Waals surface area contributed by atoms with Crippen LogP contribution in [0.2, 0.25) is 0 Å². The molecule has 1 unspecified atom stereocenters. The minimum Gasteiger partial charge on any atom is -0.0654 e. The monoisotopic (exact) mass is 59.1 g/mol. The predicted molar refractivity (Wildman–Crippen MR) is 20.6 cm³/mol. The molecule has 1 atom stereocenters. The molecule has 0 aromatic carbocycles. The lowest BCUT2D eigenvalue weighted by Crippen LogP contribution is -1.47. The van der Waals surface area contributed by atoms with Crippen LogP contribution in [0, 0.1) is 0 Å². The molecule has 0 nitrogen and oxygen atoms in total. The third kappa shape index (κ3) is 2.00. The molecule has 0 amide bonds. The fourth-order valence-electron chi connectivity index (χ4n) is 0. The van der Waals surface area contributed by atoms with Crippen molar-refractivity contribution in [3.8, 4) is 0 Å². The normalized spacial score (nSPS) is 19.0. The van der Waals surface area contributed by atoms with Crippen LogP contribution < -0.4 is 0 Å². The van der Waals surface area contributed by atoms with Gasteiger partial charge in [-0.3, -0.25) is 0 Å². The topological polar surface area (TPSA) is 0 Å². The minimum atomic E-state index is 0.134. The first-order chi connectivity index (χ1) is 2.27. The molecule has 0 bridgehead atoms. The predicted octanol–water partition coefficient (Wildman–Crippen LogP) is 1.81. The summed E-state index contributed by atoms with van der Waals surface area (Å²) in [6, 6.07) is 0. The Labute approximate surface area is 29.2 Å². The van der Waals surface area contributed by atoms with E-state index in [1.165, 1.54) is 0 Å². The quantitative estimate of drug-likeness (QED) is 0.432. The van der Waals surface area contributed by atoms with Gasteiger partial charge in [-0.15, -0.1) is 0 Å². The Bertz CT molecular complexity index is 17.6. The van der Waals surface area contributed by atoms with Crippen molar-refractivity contribution in [2.75, 3.05) is 0 Å². The molecule has 0 aliphatic carbocycles. The molecule has 0 saturated carbocycles. The van der Waals surface area contributed by atoms with Crippen LogP contribution in [0.3, 0.4) is 0 Å². The van der Waals surface area contributed by atoms with E-state index in [0.717, 1.165) is 6.42 Å². The van der Waals surface area contributed by atoms with Crippen molar-refractivity contribution in [3.05, 3.63) is 0 Å². The SMILES string of the molecule is [2H]C(C)CC. The second kappa shape index (κ2) is 3.00. The lowest BCUT2D eigenvalue weighted by atomic mass is 10.4. The molecule has 0 N–H and O–H groups in total. The van der Waals surface area contributed by atoms with Crippen molar-refractivity contribution >= 4 is 0 Å². The molecule has 0 heterocycles. The van der Waals surface area contributed by atoms with Crippen LogP contribution >= 0.6 is 0 Å². The number of hydrogen-bond acceptors (Lipinski definition) is 0. The lowest BCUT2D eigenvalue weighted by Gasteiger charge is -1.68. The van der Waals surface area contributed by atoms with Gasteiger partial charge in [0.2, 0.25) is 0 Å². The van der Waals surface area contributed by atoms with Crippen molar-refractivity contribution in [1.29, 1.82) is 0 Å². The van der Waals surface area contributed by atoms with Gasteiger partial charge in [-0.1, -0.05) is 26.7 Å². The third-order valence-corrected chi connectivity index (χ3v) is 0.408. The first-order valence-electron chi connectivity index (χ1n) is 2.27. The average Bonchev–Trinajstić information content (AvgIpc) is 1.38. The molecular weight excluding hydrogens is 48.0 g/mol. The summed E-state index contributed by atoms with van der Waals surface area (Å²) in [5.74, 6) is 0. The Morgan fingerprint density at radius 1 is 1.75 bits per heavy atom. The summed E-state index contributed by atoms with van der Waals surface area (Å²) in [4.78, 5) is 0. The maximum absolute atomic E-state index is 6.83. The third-order valence-electron chi connectivity index (χ3n) is 0.408. The summed E-state index contributed by atoms with van der Waals surface area (Å²) in [5, 5.41) is 0. The van der Waals surface area contributed by atoms with Gasteiger partial charge in [0.15, 0.2) is 0 Å². The van der Waals surface area contributed by atoms with Crippen molar-refractivity contribution in [2.45, 2.75) is 26.7 Å². The van der Waals surface area contributed by atoms with E-state index in [2.05, 4.69) is 0 Å². The summed E-state index contributed by atoms with van der Waals surface area (Å²) < 4.78 is 6.83. The highest BCUT2D eigenvalue weighted by Gasteiger charge is 1.56.